The number of para-hydroxylation sites is 1. The zero-order chi connectivity index (χ0) is 14.5. The number of ether oxygens (including phenoxy) is 1. The van der Waals surface area contributed by atoms with E-state index in [-0.39, 0.29) is 17.7 Å². The first-order chi connectivity index (χ1) is 9.61. The maximum Gasteiger partial charge on any atom is 0.306 e. The summed E-state index contributed by atoms with van der Waals surface area (Å²) in [6.45, 7) is 0.429. The predicted molar refractivity (Wildman–Crippen MR) is 74.3 cm³/mol. The fourth-order valence-corrected chi connectivity index (χ4v) is 2.60. The molecule has 2 rings (SSSR count). The number of benzene rings is 1. The van der Waals surface area contributed by atoms with E-state index in [0.29, 0.717) is 25.9 Å². The zero-order valence-electron chi connectivity index (χ0n) is 11.5. The summed E-state index contributed by atoms with van der Waals surface area (Å²) in [6.07, 6.45) is 1.63. The maximum absolute atomic E-state index is 12.2. The van der Waals surface area contributed by atoms with Crippen LogP contribution in [-0.2, 0) is 20.9 Å². The molecule has 108 valence electrons. The van der Waals surface area contributed by atoms with E-state index in [1.54, 1.807) is 7.11 Å². The third-order valence-electron chi connectivity index (χ3n) is 3.73. The van der Waals surface area contributed by atoms with Gasteiger partial charge in [-0.2, -0.15) is 0 Å². The first-order valence-corrected chi connectivity index (χ1v) is 6.72. The number of carbonyl (C=O) groups excluding carboxylic acids is 1. The van der Waals surface area contributed by atoms with Crippen molar-refractivity contribution in [2.45, 2.75) is 25.9 Å². The highest BCUT2D eigenvalue weighted by atomic mass is 16.5. The Kier molecular flexibility index (Phi) is 4.74. The highest BCUT2D eigenvalue weighted by Gasteiger charge is 2.33. The third-order valence-corrected chi connectivity index (χ3v) is 3.73. The van der Waals surface area contributed by atoms with Crippen LogP contribution in [0.15, 0.2) is 24.3 Å². The van der Waals surface area contributed by atoms with Gasteiger partial charge in [0.25, 0.3) is 0 Å². The lowest BCUT2D eigenvalue weighted by atomic mass is 10.0. The van der Waals surface area contributed by atoms with E-state index in [1.807, 2.05) is 24.3 Å². The van der Waals surface area contributed by atoms with E-state index in [2.05, 4.69) is 5.32 Å². The van der Waals surface area contributed by atoms with Crippen LogP contribution in [0.4, 0.5) is 5.69 Å². The second-order valence-electron chi connectivity index (χ2n) is 5.12. The van der Waals surface area contributed by atoms with E-state index < -0.39 is 5.97 Å². The number of hydrogen-bond acceptors (Lipinski definition) is 3. The molecule has 2 atom stereocenters. The Balaban J connectivity index is 2.00. The van der Waals surface area contributed by atoms with Crippen molar-refractivity contribution in [2.75, 3.05) is 12.4 Å². The predicted octanol–water partition coefficient (Wildman–Crippen LogP) is 2.27. The van der Waals surface area contributed by atoms with Crippen molar-refractivity contribution in [2.24, 2.45) is 11.8 Å². The monoisotopic (exact) mass is 277 g/mol. The Morgan fingerprint density at radius 1 is 1.30 bits per heavy atom. The number of aliphatic carboxylic acids is 1. The van der Waals surface area contributed by atoms with Crippen molar-refractivity contribution in [3.63, 3.8) is 0 Å². The van der Waals surface area contributed by atoms with Gasteiger partial charge in [0, 0.05) is 24.3 Å². The maximum atomic E-state index is 12.2. The molecule has 1 amide bonds. The first kappa shape index (κ1) is 14.5. The summed E-state index contributed by atoms with van der Waals surface area (Å²) in [7, 11) is 1.60. The molecule has 5 nitrogen and oxygen atoms in total. The van der Waals surface area contributed by atoms with E-state index in [0.717, 1.165) is 11.3 Å². The van der Waals surface area contributed by atoms with Crippen molar-refractivity contribution >= 4 is 17.6 Å². The molecule has 1 aromatic carbocycles. The Bertz CT molecular complexity index is 500. The molecule has 1 aliphatic rings. The number of nitrogens with one attached hydrogen (secondary N) is 1. The second kappa shape index (κ2) is 6.52. The summed E-state index contributed by atoms with van der Waals surface area (Å²) in [5, 5.41) is 11.9. The molecule has 0 aliphatic heterocycles. The normalized spacial score (nSPS) is 21.6. The van der Waals surface area contributed by atoms with E-state index in [9.17, 15) is 9.59 Å². The number of hydrogen-bond donors (Lipinski definition) is 2. The Hall–Kier alpha value is -1.88. The molecule has 2 N–H and O–H groups in total. The minimum Gasteiger partial charge on any atom is -0.481 e. The lowest BCUT2D eigenvalue weighted by Crippen LogP contribution is -2.22. The summed E-state index contributed by atoms with van der Waals surface area (Å²) in [4.78, 5) is 23.1. The van der Waals surface area contributed by atoms with Gasteiger partial charge in [0.1, 0.15) is 0 Å². The molecule has 2 unspecified atom stereocenters. The van der Waals surface area contributed by atoms with Gasteiger partial charge in [0.05, 0.1) is 12.5 Å². The van der Waals surface area contributed by atoms with Crippen molar-refractivity contribution in [1.82, 2.24) is 0 Å². The van der Waals surface area contributed by atoms with Gasteiger partial charge in [0.15, 0.2) is 0 Å². The quantitative estimate of drug-likeness (QED) is 0.865. The molecule has 0 aromatic heterocycles. The molecular weight excluding hydrogens is 258 g/mol. The van der Waals surface area contributed by atoms with Crippen molar-refractivity contribution in [1.29, 1.82) is 0 Å². The van der Waals surface area contributed by atoms with Crippen LogP contribution in [0.25, 0.3) is 0 Å². The lowest BCUT2D eigenvalue weighted by molar-refractivity contribution is -0.141. The van der Waals surface area contributed by atoms with Crippen molar-refractivity contribution < 1.29 is 19.4 Å². The van der Waals surface area contributed by atoms with Crippen LogP contribution in [-0.4, -0.2) is 24.1 Å². The van der Waals surface area contributed by atoms with Gasteiger partial charge in [-0.3, -0.25) is 9.59 Å². The number of rotatable bonds is 5. The lowest BCUT2D eigenvalue weighted by Gasteiger charge is -2.14. The SMILES string of the molecule is COCc1ccccc1NC(=O)C1CCC(C(=O)O)C1. The molecule has 1 saturated carbocycles. The highest BCUT2D eigenvalue weighted by molar-refractivity contribution is 5.93. The summed E-state index contributed by atoms with van der Waals surface area (Å²) < 4.78 is 5.10. The molecule has 20 heavy (non-hydrogen) atoms. The van der Waals surface area contributed by atoms with Crippen LogP contribution in [0.3, 0.4) is 0 Å². The van der Waals surface area contributed by atoms with Gasteiger partial charge in [-0.1, -0.05) is 18.2 Å². The van der Waals surface area contributed by atoms with E-state index >= 15 is 0 Å². The molecule has 5 heteroatoms. The largest absolute Gasteiger partial charge is 0.481 e. The van der Waals surface area contributed by atoms with E-state index in [4.69, 9.17) is 9.84 Å². The number of methoxy groups -OCH3 is 1. The molecule has 0 radical (unpaired) electrons. The summed E-state index contributed by atoms with van der Waals surface area (Å²) >= 11 is 0. The number of amides is 1. The summed E-state index contributed by atoms with van der Waals surface area (Å²) in [5.41, 5.74) is 1.65. The summed E-state index contributed by atoms with van der Waals surface area (Å²) in [5.74, 6) is -1.51. The molecule has 1 aliphatic carbocycles. The third kappa shape index (κ3) is 3.36. The first-order valence-electron chi connectivity index (χ1n) is 6.72. The molecule has 1 aromatic rings. The van der Waals surface area contributed by atoms with Gasteiger partial charge >= 0.3 is 5.97 Å². The van der Waals surface area contributed by atoms with E-state index in [1.165, 1.54) is 0 Å². The fraction of sp³-hybridized carbons (Fsp3) is 0.467. The van der Waals surface area contributed by atoms with Crippen LogP contribution in [0, 0.1) is 11.8 Å². The van der Waals surface area contributed by atoms with Gasteiger partial charge < -0.3 is 15.2 Å². The van der Waals surface area contributed by atoms with Crippen LogP contribution in [0.5, 0.6) is 0 Å². The van der Waals surface area contributed by atoms with Crippen LogP contribution in [0.1, 0.15) is 24.8 Å². The average Bonchev–Trinajstić information content (AvgIpc) is 2.91. The molecule has 0 bridgehead atoms. The number of carboxylic acids is 1. The highest BCUT2D eigenvalue weighted by Crippen LogP contribution is 2.32. The van der Waals surface area contributed by atoms with Gasteiger partial charge in [-0.05, 0) is 25.3 Å². The molecule has 0 spiro atoms. The van der Waals surface area contributed by atoms with Gasteiger partial charge in [-0.15, -0.1) is 0 Å². The number of carbonyl (C=O) groups is 2. The molecule has 0 saturated heterocycles. The second-order valence-corrected chi connectivity index (χ2v) is 5.12. The number of carboxylic acid groups (broad SMARTS) is 1. The summed E-state index contributed by atoms with van der Waals surface area (Å²) in [6, 6.07) is 7.47. The smallest absolute Gasteiger partial charge is 0.306 e. The molecular formula is C15H19NO4. The van der Waals surface area contributed by atoms with Crippen LogP contribution < -0.4 is 5.32 Å². The molecule has 0 heterocycles. The van der Waals surface area contributed by atoms with Gasteiger partial charge in [0.2, 0.25) is 5.91 Å². The Morgan fingerprint density at radius 3 is 2.65 bits per heavy atom. The van der Waals surface area contributed by atoms with Crippen molar-refractivity contribution in [3.8, 4) is 0 Å². The topological polar surface area (TPSA) is 75.6 Å². The van der Waals surface area contributed by atoms with Gasteiger partial charge in [-0.25, -0.2) is 0 Å². The Labute approximate surface area is 117 Å². The van der Waals surface area contributed by atoms with Crippen LogP contribution in [0.2, 0.25) is 0 Å². The average molecular weight is 277 g/mol. The fourth-order valence-electron chi connectivity index (χ4n) is 2.60. The number of anilines is 1. The zero-order valence-corrected chi connectivity index (χ0v) is 11.5. The minimum absolute atomic E-state index is 0.0997. The van der Waals surface area contributed by atoms with Crippen molar-refractivity contribution in [3.05, 3.63) is 29.8 Å². The molecule has 1 fully saturated rings. The standard InChI is InChI=1S/C15H19NO4/c1-20-9-12-4-2-3-5-13(12)16-14(17)10-6-7-11(8-10)15(18)19/h2-5,10-11H,6-9H2,1H3,(H,16,17)(H,18,19). The minimum atomic E-state index is -0.805. The Morgan fingerprint density at radius 2 is 2.00 bits per heavy atom. The van der Waals surface area contributed by atoms with Crippen LogP contribution >= 0.6 is 0 Å².